The summed E-state index contributed by atoms with van der Waals surface area (Å²) in [5, 5.41) is 54.7. The van der Waals surface area contributed by atoms with Crippen LogP contribution in [0.15, 0.2) is 24.3 Å². The first-order valence-corrected chi connectivity index (χ1v) is 41.1. The molecule has 93 heavy (non-hydrogen) atoms. The first-order valence-electron chi connectivity index (χ1n) is 41.1. The van der Waals surface area contributed by atoms with Gasteiger partial charge in [-0.3, -0.25) is 9.59 Å². The second kappa shape index (κ2) is 71.4. The molecule has 0 radical (unpaired) electrons. The van der Waals surface area contributed by atoms with E-state index in [2.05, 4.69) is 31.3 Å². The predicted molar refractivity (Wildman–Crippen MR) is 394 cm³/mol. The van der Waals surface area contributed by atoms with E-state index in [0.717, 1.165) is 57.8 Å². The van der Waals surface area contributed by atoms with Gasteiger partial charge in [-0.1, -0.05) is 385 Å². The Labute approximate surface area is 575 Å². The number of nitrogens with one attached hydrogen (secondary N) is 1. The highest BCUT2D eigenvalue weighted by molar-refractivity contribution is 5.76. The lowest BCUT2D eigenvalue weighted by Crippen LogP contribution is -2.60. The van der Waals surface area contributed by atoms with Crippen LogP contribution in [0.4, 0.5) is 0 Å². The van der Waals surface area contributed by atoms with Crippen LogP contribution in [0.3, 0.4) is 0 Å². The summed E-state index contributed by atoms with van der Waals surface area (Å²) in [5.74, 6) is -0.164. The van der Waals surface area contributed by atoms with Gasteiger partial charge in [-0.05, 0) is 51.4 Å². The molecular weight excluding hydrogens is 1160 g/mol. The van der Waals surface area contributed by atoms with Crippen molar-refractivity contribution >= 4 is 11.9 Å². The van der Waals surface area contributed by atoms with E-state index in [9.17, 15) is 35.1 Å². The topological polar surface area (TPSA) is 175 Å². The van der Waals surface area contributed by atoms with Crippen molar-refractivity contribution < 1.29 is 49.3 Å². The standard InChI is InChI=1S/C82H157NO10/c1-3-5-7-9-11-13-15-16-42-45-49-52-56-60-64-68-75(85)74(73-92-82-81(90)80(89)79(88)76(72-84)93-82)83-77(86)69-65-61-57-53-50-46-43-40-38-36-34-32-30-28-26-24-22-20-18-17-19-21-23-25-27-29-31-33-35-37-39-41-44-47-51-55-59-63-67-71-91-78(87)70-66-62-58-54-48-14-12-10-8-6-4-2/h10,12,64,68,74-76,79-82,84-85,88-90H,3-9,11,13-63,65-67,69-73H2,1-2H3,(H,83,86)/b12-10-,68-64+. The molecule has 7 atom stereocenters. The van der Waals surface area contributed by atoms with Crippen LogP contribution in [-0.2, 0) is 23.8 Å². The fourth-order valence-electron chi connectivity index (χ4n) is 13.4. The number of hydrogen-bond donors (Lipinski definition) is 6. The number of aliphatic hydroxyl groups is 5. The molecule has 6 N–H and O–H groups in total. The van der Waals surface area contributed by atoms with Crippen LogP contribution in [0, 0.1) is 0 Å². The highest BCUT2D eigenvalue weighted by Gasteiger charge is 2.44. The Bertz CT molecular complexity index is 1590. The number of ether oxygens (including phenoxy) is 3. The van der Waals surface area contributed by atoms with Crippen molar-refractivity contribution in [1.82, 2.24) is 5.32 Å². The number of allylic oxidation sites excluding steroid dienone is 3. The lowest BCUT2D eigenvalue weighted by Gasteiger charge is -2.40. The van der Waals surface area contributed by atoms with E-state index in [1.165, 1.54) is 340 Å². The van der Waals surface area contributed by atoms with Gasteiger partial charge >= 0.3 is 5.97 Å². The van der Waals surface area contributed by atoms with Crippen molar-refractivity contribution in [3.05, 3.63) is 24.3 Å². The molecule has 0 aromatic rings. The van der Waals surface area contributed by atoms with E-state index in [1.807, 2.05) is 6.08 Å². The van der Waals surface area contributed by atoms with Crippen molar-refractivity contribution in [3.63, 3.8) is 0 Å². The van der Waals surface area contributed by atoms with Gasteiger partial charge in [-0.2, -0.15) is 0 Å². The third-order valence-electron chi connectivity index (χ3n) is 19.8. The number of unbranched alkanes of at least 4 members (excludes halogenated alkanes) is 58. The van der Waals surface area contributed by atoms with E-state index in [1.54, 1.807) is 6.08 Å². The van der Waals surface area contributed by atoms with Crippen LogP contribution in [0.5, 0.6) is 0 Å². The monoisotopic (exact) mass is 1320 g/mol. The van der Waals surface area contributed by atoms with Crippen molar-refractivity contribution in [2.45, 2.75) is 468 Å². The third kappa shape index (κ3) is 59.9. The number of rotatable bonds is 74. The molecule has 1 rings (SSSR count). The van der Waals surface area contributed by atoms with Crippen LogP contribution < -0.4 is 5.32 Å². The lowest BCUT2D eigenvalue weighted by molar-refractivity contribution is -0.302. The number of aliphatic hydroxyl groups excluding tert-OH is 5. The van der Waals surface area contributed by atoms with Crippen LogP contribution in [0.25, 0.3) is 0 Å². The van der Waals surface area contributed by atoms with Gasteiger partial charge in [0.25, 0.3) is 0 Å². The molecule has 0 spiro atoms. The van der Waals surface area contributed by atoms with Gasteiger partial charge in [0, 0.05) is 12.8 Å². The molecule has 0 aliphatic carbocycles. The van der Waals surface area contributed by atoms with E-state index in [0.29, 0.717) is 19.4 Å². The SMILES string of the molecule is CCCC/C=C\CCCCCCCC(=O)OCCCCCCCCCCCCCCCCCCCCCCCCCCCCCCCCCCCCCCCCCC(=O)NC(COC1OC(CO)C(O)C(O)C1O)C(O)/C=C/CCCCCCCCCCCCCCC. The Hall–Kier alpha value is -1.86. The predicted octanol–water partition coefficient (Wildman–Crippen LogP) is 22.3. The van der Waals surface area contributed by atoms with E-state index < -0.39 is 49.5 Å². The van der Waals surface area contributed by atoms with Crippen LogP contribution in [0.1, 0.15) is 425 Å². The summed E-state index contributed by atoms with van der Waals surface area (Å²) in [7, 11) is 0. The van der Waals surface area contributed by atoms with Crippen LogP contribution in [0.2, 0.25) is 0 Å². The molecule has 11 nitrogen and oxygen atoms in total. The van der Waals surface area contributed by atoms with Crippen molar-refractivity contribution in [1.29, 1.82) is 0 Å². The van der Waals surface area contributed by atoms with Gasteiger partial charge in [0.1, 0.15) is 24.4 Å². The van der Waals surface area contributed by atoms with Gasteiger partial charge in [-0.15, -0.1) is 0 Å². The van der Waals surface area contributed by atoms with Gasteiger partial charge in [0.15, 0.2) is 6.29 Å². The lowest BCUT2D eigenvalue weighted by atomic mass is 9.99. The minimum atomic E-state index is -1.57. The van der Waals surface area contributed by atoms with Crippen molar-refractivity contribution in [3.8, 4) is 0 Å². The van der Waals surface area contributed by atoms with Gasteiger partial charge in [0.05, 0.1) is 32.0 Å². The highest BCUT2D eigenvalue weighted by atomic mass is 16.7. The zero-order valence-corrected chi connectivity index (χ0v) is 61.5. The molecule has 7 unspecified atom stereocenters. The molecule has 1 aliphatic rings. The normalized spacial score (nSPS) is 17.5. The zero-order valence-electron chi connectivity index (χ0n) is 61.5. The quantitative estimate of drug-likeness (QED) is 0.0195. The average Bonchev–Trinajstić information content (AvgIpc) is 0.905. The Morgan fingerprint density at radius 1 is 0.387 bits per heavy atom. The maximum Gasteiger partial charge on any atom is 0.305 e. The molecule has 1 amide bonds. The van der Waals surface area contributed by atoms with E-state index >= 15 is 0 Å². The summed E-state index contributed by atoms with van der Waals surface area (Å²) in [6.45, 7) is 4.37. The first-order chi connectivity index (χ1) is 45.7. The first kappa shape index (κ1) is 89.2. The molecule has 1 heterocycles. The second-order valence-electron chi connectivity index (χ2n) is 28.8. The second-order valence-corrected chi connectivity index (χ2v) is 28.8. The molecule has 0 bridgehead atoms. The average molecular weight is 1320 g/mol. The van der Waals surface area contributed by atoms with Gasteiger partial charge < -0.3 is 45.1 Å². The van der Waals surface area contributed by atoms with Crippen molar-refractivity contribution in [2.75, 3.05) is 19.8 Å². The molecule has 0 aromatic heterocycles. The minimum absolute atomic E-state index is 0.00793. The molecule has 1 saturated heterocycles. The molecule has 0 aromatic carbocycles. The number of hydrogen-bond acceptors (Lipinski definition) is 10. The molecule has 1 aliphatic heterocycles. The Morgan fingerprint density at radius 3 is 1.06 bits per heavy atom. The maximum atomic E-state index is 13.1. The number of carbonyl (C=O) groups excluding carboxylic acids is 2. The summed E-state index contributed by atoms with van der Waals surface area (Å²) < 4.78 is 16.8. The summed E-state index contributed by atoms with van der Waals surface area (Å²) in [6, 6.07) is -0.805. The van der Waals surface area contributed by atoms with E-state index in [4.69, 9.17) is 14.2 Å². The largest absolute Gasteiger partial charge is 0.466 e. The van der Waals surface area contributed by atoms with Gasteiger partial charge in [-0.25, -0.2) is 0 Å². The number of amides is 1. The smallest absolute Gasteiger partial charge is 0.305 e. The molecule has 11 heteroatoms. The van der Waals surface area contributed by atoms with Crippen molar-refractivity contribution in [2.24, 2.45) is 0 Å². The fourth-order valence-corrected chi connectivity index (χ4v) is 13.4. The molecule has 1 fully saturated rings. The Morgan fingerprint density at radius 2 is 0.699 bits per heavy atom. The van der Waals surface area contributed by atoms with Crippen LogP contribution >= 0.6 is 0 Å². The zero-order chi connectivity index (χ0) is 67.2. The summed E-state index contributed by atoms with van der Waals surface area (Å²) >= 11 is 0. The Balaban J connectivity index is 1.89. The Kier molecular flexibility index (Phi) is 68.5. The fraction of sp³-hybridized carbons (Fsp3) is 0.927. The molecule has 0 saturated carbocycles. The highest BCUT2D eigenvalue weighted by Crippen LogP contribution is 2.24. The summed E-state index contributed by atoms with van der Waals surface area (Å²) in [6.07, 6.45) is 82.2. The van der Waals surface area contributed by atoms with E-state index in [-0.39, 0.29) is 18.5 Å². The third-order valence-corrected chi connectivity index (χ3v) is 19.8. The number of esters is 1. The summed E-state index contributed by atoms with van der Waals surface area (Å²) in [5.41, 5.74) is 0. The molecule has 550 valence electrons. The maximum absolute atomic E-state index is 13.1. The molecular formula is C82H157NO10. The van der Waals surface area contributed by atoms with Gasteiger partial charge in [0.2, 0.25) is 5.91 Å². The minimum Gasteiger partial charge on any atom is -0.466 e. The summed E-state index contributed by atoms with van der Waals surface area (Å²) in [4.78, 5) is 25.1. The van der Waals surface area contributed by atoms with Crippen LogP contribution in [-0.4, -0.2) is 100 Å². The number of carbonyl (C=O) groups is 2.